The summed E-state index contributed by atoms with van der Waals surface area (Å²) in [5.74, 6) is -0.882. The summed E-state index contributed by atoms with van der Waals surface area (Å²) >= 11 is 0. The van der Waals surface area contributed by atoms with Crippen LogP contribution in [0.4, 0.5) is 0 Å². The van der Waals surface area contributed by atoms with Crippen LogP contribution in [0.15, 0.2) is 48.6 Å². The van der Waals surface area contributed by atoms with Gasteiger partial charge >= 0.3 is 17.9 Å². The molecule has 0 aliphatic rings. The van der Waals surface area contributed by atoms with Gasteiger partial charge in [0.25, 0.3) is 0 Å². The largest absolute Gasteiger partial charge is 0.462 e. The molecule has 6 heteroatoms. The smallest absolute Gasteiger partial charge is 0.306 e. The molecule has 0 N–H and O–H groups in total. The normalized spacial score (nSPS) is 12.3. The summed E-state index contributed by atoms with van der Waals surface area (Å²) in [5.41, 5.74) is 0. The van der Waals surface area contributed by atoms with Crippen LogP contribution in [0.5, 0.6) is 0 Å². The number of carbonyl (C=O) groups excluding carboxylic acids is 3. The number of unbranched alkanes of at least 4 members (excludes halogenated alkanes) is 42. The molecule has 0 heterocycles. The first-order valence-corrected chi connectivity index (χ1v) is 33.1. The van der Waals surface area contributed by atoms with Gasteiger partial charge < -0.3 is 14.2 Å². The van der Waals surface area contributed by atoms with Crippen molar-refractivity contribution in [2.24, 2.45) is 0 Å². The van der Waals surface area contributed by atoms with Gasteiger partial charge in [0.15, 0.2) is 6.10 Å². The maximum absolute atomic E-state index is 12.9. The number of rotatable bonds is 61. The zero-order valence-electron chi connectivity index (χ0n) is 50.3. The van der Waals surface area contributed by atoms with Gasteiger partial charge in [0.1, 0.15) is 13.2 Å². The van der Waals surface area contributed by atoms with Gasteiger partial charge in [-0.1, -0.05) is 281 Å². The minimum atomic E-state index is -0.783. The number of esters is 3. The van der Waals surface area contributed by atoms with Gasteiger partial charge in [-0.05, 0) is 103 Å². The second kappa shape index (κ2) is 63.9. The van der Waals surface area contributed by atoms with E-state index in [2.05, 4.69) is 69.4 Å². The molecule has 0 amide bonds. The molecule has 1 atom stereocenters. The molecule has 0 radical (unpaired) electrons. The Bertz CT molecular complexity index is 1300. The summed E-state index contributed by atoms with van der Waals surface area (Å²) in [6.45, 7) is 6.64. The number of allylic oxidation sites excluding steroid dienone is 8. The maximum Gasteiger partial charge on any atom is 0.306 e. The van der Waals surface area contributed by atoms with Crippen molar-refractivity contribution in [2.75, 3.05) is 13.2 Å². The van der Waals surface area contributed by atoms with Gasteiger partial charge in [-0.15, -0.1) is 0 Å². The van der Waals surface area contributed by atoms with Crippen molar-refractivity contribution in [3.8, 4) is 0 Å². The molecule has 1 unspecified atom stereocenters. The molecule has 75 heavy (non-hydrogen) atoms. The van der Waals surface area contributed by atoms with E-state index < -0.39 is 6.10 Å². The van der Waals surface area contributed by atoms with Crippen LogP contribution in [0.1, 0.15) is 355 Å². The van der Waals surface area contributed by atoms with Crippen molar-refractivity contribution in [3.63, 3.8) is 0 Å². The third kappa shape index (κ3) is 62.1. The Hall–Kier alpha value is -2.63. The van der Waals surface area contributed by atoms with Crippen LogP contribution in [0.3, 0.4) is 0 Å². The van der Waals surface area contributed by atoms with Crippen molar-refractivity contribution in [2.45, 2.75) is 361 Å². The molecule has 0 bridgehead atoms. The minimum Gasteiger partial charge on any atom is -0.462 e. The van der Waals surface area contributed by atoms with Crippen molar-refractivity contribution in [1.29, 1.82) is 0 Å². The molecule has 0 rings (SSSR count). The minimum absolute atomic E-state index is 0.0786. The average molecular weight is 1050 g/mol. The van der Waals surface area contributed by atoms with E-state index in [-0.39, 0.29) is 31.1 Å². The predicted molar refractivity (Wildman–Crippen MR) is 325 cm³/mol. The highest BCUT2D eigenvalue weighted by molar-refractivity contribution is 5.71. The molecular weight excluding hydrogens is 925 g/mol. The van der Waals surface area contributed by atoms with Gasteiger partial charge in [0, 0.05) is 19.3 Å². The molecule has 0 fully saturated rings. The quantitative estimate of drug-likeness (QED) is 0.0261. The molecule has 0 aromatic rings. The van der Waals surface area contributed by atoms with Crippen LogP contribution in [0.25, 0.3) is 0 Å². The SMILES string of the molecule is CCCCCC/C=C\C/C=C\CCCCCCCC(=O)OC(COC(=O)CCCCCCC/C=C\CCCCCCC)COC(=O)CCCCCCCCCCCCCCCCC/C=C\CCCCCCCCCC. The Morgan fingerprint density at radius 3 is 0.760 bits per heavy atom. The second-order valence-electron chi connectivity index (χ2n) is 22.4. The van der Waals surface area contributed by atoms with Crippen LogP contribution < -0.4 is 0 Å². The maximum atomic E-state index is 12.9. The lowest BCUT2D eigenvalue weighted by Crippen LogP contribution is -2.30. The van der Waals surface area contributed by atoms with Crippen LogP contribution in [0, 0.1) is 0 Å². The third-order valence-electron chi connectivity index (χ3n) is 14.8. The average Bonchev–Trinajstić information content (AvgIpc) is 3.41. The molecule has 0 aliphatic carbocycles. The van der Waals surface area contributed by atoms with Crippen LogP contribution in [0.2, 0.25) is 0 Å². The summed E-state index contributed by atoms with van der Waals surface area (Å²) in [4.78, 5) is 38.3. The Morgan fingerprint density at radius 2 is 0.480 bits per heavy atom. The highest BCUT2D eigenvalue weighted by Crippen LogP contribution is 2.17. The van der Waals surface area contributed by atoms with E-state index >= 15 is 0 Å². The van der Waals surface area contributed by atoms with E-state index in [1.165, 1.54) is 225 Å². The number of hydrogen-bond donors (Lipinski definition) is 0. The predicted octanol–water partition coefficient (Wildman–Crippen LogP) is 22.6. The van der Waals surface area contributed by atoms with Crippen LogP contribution >= 0.6 is 0 Å². The molecule has 0 saturated carbocycles. The first kappa shape index (κ1) is 72.4. The van der Waals surface area contributed by atoms with Crippen molar-refractivity contribution in [3.05, 3.63) is 48.6 Å². The van der Waals surface area contributed by atoms with Gasteiger partial charge in [0.05, 0.1) is 0 Å². The number of carbonyl (C=O) groups is 3. The van der Waals surface area contributed by atoms with Crippen molar-refractivity contribution >= 4 is 17.9 Å². The zero-order valence-corrected chi connectivity index (χ0v) is 50.3. The van der Waals surface area contributed by atoms with E-state index in [4.69, 9.17) is 14.2 Å². The van der Waals surface area contributed by atoms with E-state index in [0.29, 0.717) is 19.3 Å². The molecular formula is C69H126O6. The molecule has 0 spiro atoms. The molecule has 0 aromatic heterocycles. The Kier molecular flexibility index (Phi) is 61.7. The second-order valence-corrected chi connectivity index (χ2v) is 22.4. The van der Waals surface area contributed by atoms with Crippen molar-refractivity contribution in [1.82, 2.24) is 0 Å². The fraction of sp³-hybridized carbons (Fsp3) is 0.841. The lowest BCUT2D eigenvalue weighted by Gasteiger charge is -2.18. The van der Waals surface area contributed by atoms with Gasteiger partial charge in [-0.3, -0.25) is 14.4 Å². The third-order valence-corrected chi connectivity index (χ3v) is 14.8. The first-order chi connectivity index (χ1) is 37.0. The van der Waals surface area contributed by atoms with Gasteiger partial charge in [0.2, 0.25) is 0 Å². The zero-order chi connectivity index (χ0) is 54.3. The van der Waals surface area contributed by atoms with E-state index in [1.54, 1.807) is 0 Å². The summed E-state index contributed by atoms with van der Waals surface area (Å²) in [6.07, 6.45) is 79.9. The first-order valence-electron chi connectivity index (χ1n) is 33.1. The van der Waals surface area contributed by atoms with Crippen LogP contribution in [-0.4, -0.2) is 37.2 Å². The summed E-state index contributed by atoms with van der Waals surface area (Å²) in [7, 11) is 0. The molecule has 438 valence electrons. The molecule has 0 aliphatic heterocycles. The fourth-order valence-electron chi connectivity index (χ4n) is 9.76. The highest BCUT2D eigenvalue weighted by Gasteiger charge is 2.19. The number of hydrogen-bond acceptors (Lipinski definition) is 6. The standard InChI is InChI=1S/C69H126O6/c1-4-7-10-13-16-19-22-25-28-30-31-32-33-34-35-36-37-38-39-40-42-44-47-50-53-56-59-62-68(71)74-65-66(64-73-67(70)61-58-55-52-49-46-43-27-24-21-18-15-12-9-6-3)75-69(72)63-60-57-54-51-48-45-41-29-26-23-20-17-14-11-8-5-2/h20,23-24,27,29-31,41,66H,4-19,21-22,25-26,28,32-40,42-65H2,1-3H3/b23-20-,27-24-,31-30-,41-29-. The highest BCUT2D eigenvalue weighted by atomic mass is 16.6. The lowest BCUT2D eigenvalue weighted by molar-refractivity contribution is -0.167. The Labute approximate surface area is 467 Å². The summed E-state index contributed by atoms with van der Waals surface area (Å²) < 4.78 is 16.9. The van der Waals surface area contributed by atoms with Crippen LogP contribution in [-0.2, 0) is 28.6 Å². The number of ether oxygens (including phenoxy) is 3. The van der Waals surface area contributed by atoms with Gasteiger partial charge in [-0.25, -0.2) is 0 Å². The lowest BCUT2D eigenvalue weighted by atomic mass is 10.0. The summed E-state index contributed by atoms with van der Waals surface area (Å²) in [5, 5.41) is 0. The molecule has 0 saturated heterocycles. The molecule has 6 nitrogen and oxygen atoms in total. The van der Waals surface area contributed by atoms with E-state index in [0.717, 1.165) is 89.9 Å². The molecule has 0 aromatic carbocycles. The monoisotopic (exact) mass is 1050 g/mol. The fourth-order valence-corrected chi connectivity index (χ4v) is 9.76. The van der Waals surface area contributed by atoms with E-state index in [9.17, 15) is 14.4 Å². The van der Waals surface area contributed by atoms with E-state index in [1.807, 2.05) is 0 Å². The van der Waals surface area contributed by atoms with Gasteiger partial charge in [-0.2, -0.15) is 0 Å². The Balaban J connectivity index is 4.24. The topological polar surface area (TPSA) is 78.9 Å². The summed E-state index contributed by atoms with van der Waals surface area (Å²) in [6, 6.07) is 0. The van der Waals surface area contributed by atoms with Crippen molar-refractivity contribution < 1.29 is 28.6 Å². The Morgan fingerprint density at radius 1 is 0.267 bits per heavy atom.